The first-order valence-corrected chi connectivity index (χ1v) is 12.5. The van der Waals surface area contributed by atoms with Gasteiger partial charge >= 0.3 is 0 Å². The second-order valence-electron chi connectivity index (χ2n) is 8.52. The summed E-state index contributed by atoms with van der Waals surface area (Å²) in [7, 11) is -3.46. The zero-order valence-electron chi connectivity index (χ0n) is 19.0. The minimum absolute atomic E-state index is 0.138. The molecule has 6 nitrogen and oxygen atoms in total. The number of carbonyl (C=O) groups excluding carboxylic acids is 1. The van der Waals surface area contributed by atoms with Crippen molar-refractivity contribution in [1.82, 2.24) is 9.21 Å². The van der Waals surface area contributed by atoms with E-state index in [0.29, 0.717) is 43.2 Å². The van der Waals surface area contributed by atoms with Crippen LogP contribution in [-0.4, -0.2) is 49.7 Å². The van der Waals surface area contributed by atoms with E-state index in [0.717, 1.165) is 22.4 Å². The van der Waals surface area contributed by atoms with Crippen molar-refractivity contribution in [3.8, 4) is 0 Å². The van der Waals surface area contributed by atoms with Crippen LogP contribution in [0.1, 0.15) is 27.0 Å². The summed E-state index contributed by atoms with van der Waals surface area (Å²) in [6.07, 6.45) is 0. The number of hydrogen-bond acceptors (Lipinski definition) is 4. The van der Waals surface area contributed by atoms with Crippen LogP contribution in [0.25, 0.3) is 0 Å². The van der Waals surface area contributed by atoms with E-state index in [1.807, 2.05) is 56.3 Å². The molecule has 0 aromatic heterocycles. The average Bonchev–Trinajstić information content (AvgIpc) is 2.79. The topological polar surface area (TPSA) is 69.7 Å². The van der Waals surface area contributed by atoms with Gasteiger partial charge in [-0.3, -0.25) is 9.69 Å². The number of anilines is 1. The lowest BCUT2D eigenvalue weighted by Gasteiger charge is -2.34. The molecule has 33 heavy (non-hydrogen) atoms. The van der Waals surface area contributed by atoms with Crippen LogP contribution >= 0.6 is 0 Å². The first-order valence-electron chi connectivity index (χ1n) is 11.1. The number of nitrogens with one attached hydrogen (secondary N) is 1. The Balaban J connectivity index is 1.37. The van der Waals surface area contributed by atoms with E-state index in [1.165, 1.54) is 0 Å². The Morgan fingerprint density at radius 1 is 0.848 bits per heavy atom. The van der Waals surface area contributed by atoms with Gasteiger partial charge in [-0.15, -0.1) is 0 Å². The number of hydrogen-bond donors (Lipinski definition) is 1. The van der Waals surface area contributed by atoms with Crippen molar-refractivity contribution in [3.63, 3.8) is 0 Å². The molecule has 3 aromatic rings. The largest absolute Gasteiger partial charge is 0.322 e. The molecule has 7 heteroatoms. The van der Waals surface area contributed by atoms with Gasteiger partial charge in [0.2, 0.25) is 10.0 Å². The quantitative estimate of drug-likeness (QED) is 0.599. The van der Waals surface area contributed by atoms with E-state index in [9.17, 15) is 13.2 Å². The molecule has 4 rings (SSSR count). The lowest BCUT2D eigenvalue weighted by Crippen LogP contribution is -2.48. The molecule has 1 heterocycles. The molecule has 0 unspecified atom stereocenters. The van der Waals surface area contributed by atoms with Gasteiger partial charge in [0.25, 0.3) is 5.91 Å². The molecule has 0 bridgehead atoms. The van der Waals surface area contributed by atoms with Crippen LogP contribution < -0.4 is 5.32 Å². The zero-order chi connectivity index (χ0) is 23.4. The summed E-state index contributed by atoms with van der Waals surface area (Å²) in [5, 5.41) is 2.98. The highest BCUT2D eigenvalue weighted by atomic mass is 32.2. The molecule has 1 N–H and O–H groups in total. The van der Waals surface area contributed by atoms with Crippen molar-refractivity contribution < 1.29 is 13.2 Å². The number of rotatable bonds is 6. The van der Waals surface area contributed by atoms with E-state index < -0.39 is 10.0 Å². The molecule has 0 radical (unpaired) electrons. The van der Waals surface area contributed by atoms with Crippen LogP contribution in [0.2, 0.25) is 0 Å². The summed E-state index contributed by atoms with van der Waals surface area (Å²) < 4.78 is 27.2. The maximum atomic E-state index is 12.8. The highest BCUT2D eigenvalue weighted by Crippen LogP contribution is 2.19. The first-order chi connectivity index (χ1) is 15.8. The normalized spacial score (nSPS) is 15.3. The Bertz CT molecular complexity index is 1210. The van der Waals surface area contributed by atoms with Gasteiger partial charge in [-0.1, -0.05) is 36.4 Å². The zero-order valence-corrected chi connectivity index (χ0v) is 19.8. The van der Waals surface area contributed by atoms with Crippen molar-refractivity contribution in [1.29, 1.82) is 0 Å². The number of carbonyl (C=O) groups is 1. The standard InChI is InChI=1S/C26H29N3O3S/c1-20-15-21(2)17-24(16-20)27-26(30)23-8-6-7-22(18-23)19-28-11-13-29(14-12-28)33(31,32)25-9-4-3-5-10-25/h3-10,15-18H,11-14,19H2,1-2H3,(H,27,30). The molecular weight excluding hydrogens is 434 g/mol. The second-order valence-corrected chi connectivity index (χ2v) is 10.5. The third-order valence-electron chi connectivity index (χ3n) is 5.79. The van der Waals surface area contributed by atoms with E-state index >= 15 is 0 Å². The number of aryl methyl sites for hydroxylation is 2. The highest BCUT2D eigenvalue weighted by molar-refractivity contribution is 7.89. The Kier molecular flexibility index (Phi) is 6.93. The molecule has 172 valence electrons. The summed E-state index contributed by atoms with van der Waals surface area (Å²) >= 11 is 0. The summed E-state index contributed by atoms with van der Waals surface area (Å²) in [5.41, 5.74) is 4.64. The molecular formula is C26H29N3O3S. The van der Waals surface area contributed by atoms with Gasteiger partial charge in [-0.05, 0) is 66.9 Å². The highest BCUT2D eigenvalue weighted by Gasteiger charge is 2.28. The lowest BCUT2D eigenvalue weighted by molar-refractivity contribution is 0.102. The van der Waals surface area contributed by atoms with Crippen LogP contribution in [0.4, 0.5) is 5.69 Å². The van der Waals surface area contributed by atoms with Crippen molar-refractivity contribution in [2.75, 3.05) is 31.5 Å². The van der Waals surface area contributed by atoms with Gasteiger partial charge in [0.05, 0.1) is 4.90 Å². The van der Waals surface area contributed by atoms with E-state index in [4.69, 9.17) is 0 Å². The number of amides is 1. The Morgan fingerprint density at radius 2 is 1.52 bits per heavy atom. The number of piperazine rings is 1. The molecule has 1 aliphatic rings. The number of sulfonamides is 1. The van der Waals surface area contributed by atoms with Crippen LogP contribution in [0.15, 0.2) is 77.7 Å². The van der Waals surface area contributed by atoms with Crippen molar-refractivity contribution >= 4 is 21.6 Å². The predicted molar refractivity (Wildman–Crippen MR) is 131 cm³/mol. The SMILES string of the molecule is Cc1cc(C)cc(NC(=O)c2cccc(CN3CCN(S(=O)(=O)c4ccccc4)CC3)c2)c1. The fourth-order valence-corrected chi connectivity index (χ4v) is 5.63. The number of benzene rings is 3. The van der Waals surface area contributed by atoms with Crippen molar-refractivity contribution in [2.24, 2.45) is 0 Å². The van der Waals surface area contributed by atoms with Gasteiger partial charge in [-0.25, -0.2) is 8.42 Å². The van der Waals surface area contributed by atoms with Gasteiger partial charge < -0.3 is 5.32 Å². The Morgan fingerprint density at radius 3 is 2.18 bits per heavy atom. The smallest absolute Gasteiger partial charge is 0.255 e. The third kappa shape index (κ3) is 5.68. The fourth-order valence-electron chi connectivity index (χ4n) is 4.19. The molecule has 1 aliphatic heterocycles. The van der Waals surface area contributed by atoms with Crippen molar-refractivity contribution in [2.45, 2.75) is 25.3 Å². The van der Waals surface area contributed by atoms with Gasteiger partial charge in [0.1, 0.15) is 0 Å². The van der Waals surface area contributed by atoms with Gasteiger partial charge in [0, 0.05) is 44.0 Å². The Labute approximate surface area is 195 Å². The van der Waals surface area contributed by atoms with E-state index in [-0.39, 0.29) is 5.91 Å². The summed E-state index contributed by atoms with van der Waals surface area (Å²) in [6.45, 7) is 6.87. The van der Waals surface area contributed by atoms with Gasteiger partial charge in [-0.2, -0.15) is 4.31 Å². The van der Waals surface area contributed by atoms with Crippen LogP contribution in [0.3, 0.4) is 0 Å². The molecule has 3 aromatic carbocycles. The lowest BCUT2D eigenvalue weighted by atomic mass is 10.1. The summed E-state index contributed by atoms with van der Waals surface area (Å²) in [5.74, 6) is -0.138. The third-order valence-corrected chi connectivity index (χ3v) is 7.70. The van der Waals surface area contributed by atoms with Gasteiger partial charge in [0.15, 0.2) is 0 Å². The van der Waals surface area contributed by atoms with Crippen LogP contribution in [-0.2, 0) is 16.6 Å². The molecule has 0 atom stereocenters. The molecule has 1 amide bonds. The molecule has 1 saturated heterocycles. The molecule has 1 fully saturated rings. The molecule has 0 spiro atoms. The predicted octanol–water partition coefficient (Wildman–Crippen LogP) is 4.06. The monoisotopic (exact) mass is 463 g/mol. The van der Waals surface area contributed by atoms with Crippen LogP contribution in [0.5, 0.6) is 0 Å². The summed E-state index contributed by atoms with van der Waals surface area (Å²) in [6, 6.07) is 22.2. The summed E-state index contributed by atoms with van der Waals surface area (Å²) in [4.78, 5) is 15.3. The maximum Gasteiger partial charge on any atom is 0.255 e. The molecule has 0 saturated carbocycles. The Hall–Kier alpha value is -3.00. The maximum absolute atomic E-state index is 12.8. The fraction of sp³-hybridized carbons (Fsp3) is 0.269. The number of nitrogens with zero attached hydrogens (tertiary/aromatic N) is 2. The van der Waals surface area contributed by atoms with Crippen molar-refractivity contribution in [3.05, 3.63) is 95.1 Å². The minimum atomic E-state index is -3.46. The average molecular weight is 464 g/mol. The van der Waals surface area contributed by atoms with Crippen LogP contribution in [0, 0.1) is 13.8 Å². The minimum Gasteiger partial charge on any atom is -0.322 e. The second kappa shape index (κ2) is 9.87. The van der Waals surface area contributed by atoms with E-state index in [2.05, 4.69) is 16.3 Å². The van der Waals surface area contributed by atoms with E-state index in [1.54, 1.807) is 28.6 Å². The first kappa shape index (κ1) is 23.2. The molecule has 0 aliphatic carbocycles.